The van der Waals surface area contributed by atoms with E-state index in [0.717, 1.165) is 16.3 Å². The minimum atomic E-state index is -0.405. The zero-order chi connectivity index (χ0) is 14.7. The standard InChI is InChI=1S/C14H19N3O2S/c1-9(18)4-5-15-14(19)13-6-11(7-17(13)3)12-8-20-10(2)16-12/h6-9,18H,4-5H2,1-3H3,(H,15,19). The number of nitrogens with one attached hydrogen (secondary N) is 1. The predicted molar refractivity (Wildman–Crippen MR) is 79.9 cm³/mol. The van der Waals surface area contributed by atoms with Crippen molar-refractivity contribution < 1.29 is 9.90 Å². The monoisotopic (exact) mass is 293 g/mol. The molecule has 2 rings (SSSR count). The Morgan fingerprint density at radius 3 is 2.95 bits per heavy atom. The molecule has 1 unspecified atom stereocenters. The normalized spacial score (nSPS) is 12.4. The highest BCUT2D eigenvalue weighted by Gasteiger charge is 2.13. The summed E-state index contributed by atoms with van der Waals surface area (Å²) in [7, 11) is 1.84. The van der Waals surface area contributed by atoms with E-state index in [0.29, 0.717) is 18.7 Å². The molecule has 0 radical (unpaired) electrons. The summed E-state index contributed by atoms with van der Waals surface area (Å²) in [5.41, 5.74) is 2.43. The Bertz CT molecular complexity index is 601. The van der Waals surface area contributed by atoms with Gasteiger partial charge in [-0.3, -0.25) is 4.79 Å². The van der Waals surface area contributed by atoms with Crippen molar-refractivity contribution in [2.24, 2.45) is 7.05 Å². The van der Waals surface area contributed by atoms with Gasteiger partial charge in [0.25, 0.3) is 5.91 Å². The predicted octanol–water partition coefficient (Wildman–Crippen LogP) is 1.96. The number of thiazole rings is 1. The van der Waals surface area contributed by atoms with Gasteiger partial charge in [0.2, 0.25) is 0 Å². The molecule has 0 saturated carbocycles. The molecular weight excluding hydrogens is 274 g/mol. The van der Waals surface area contributed by atoms with Gasteiger partial charge in [0.05, 0.1) is 16.8 Å². The van der Waals surface area contributed by atoms with Gasteiger partial charge < -0.3 is 15.0 Å². The number of hydrogen-bond donors (Lipinski definition) is 2. The summed E-state index contributed by atoms with van der Waals surface area (Å²) in [6.45, 7) is 4.13. The maximum Gasteiger partial charge on any atom is 0.267 e. The van der Waals surface area contributed by atoms with Crippen molar-refractivity contribution >= 4 is 17.2 Å². The van der Waals surface area contributed by atoms with E-state index in [1.54, 1.807) is 22.8 Å². The van der Waals surface area contributed by atoms with Crippen LogP contribution in [0.3, 0.4) is 0 Å². The van der Waals surface area contributed by atoms with Crippen LogP contribution in [0.4, 0.5) is 0 Å². The topological polar surface area (TPSA) is 67.2 Å². The van der Waals surface area contributed by atoms with Crippen molar-refractivity contribution in [2.75, 3.05) is 6.54 Å². The maximum absolute atomic E-state index is 12.1. The first kappa shape index (κ1) is 14.7. The van der Waals surface area contributed by atoms with Gasteiger partial charge in [-0.1, -0.05) is 0 Å². The van der Waals surface area contributed by atoms with Crippen LogP contribution in [0.15, 0.2) is 17.6 Å². The Hall–Kier alpha value is -1.66. The molecule has 0 saturated heterocycles. The first-order chi connectivity index (χ1) is 9.47. The van der Waals surface area contributed by atoms with Crippen molar-refractivity contribution in [3.05, 3.63) is 28.3 Å². The molecule has 1 atom stereocenters. The van der Waals surface area contributed by atoms with Gasteiger partial charge in [0, 0.05) is 30.7 Å². The molecular formula is C14H19N3O2S. The molecule has 2 heterocycles. The Balaban J connectivity index is 2.09. The minimum absolute atomic E-state index is 0.133. The zero-order valence-electron chi connectivity index (χ0n) is 11.9. The van der Waals surface area contributed by atoms with Gasteiger partial charge in [-0.05, 0) is 26.3 Å². The summed E-state index contributed by atoms with van der Waals surface area (Å²) in [4.78, 5) is 16.5. The molecule has 0 spiro atoms. The Kier molecular flexibility index (Phi) is 4.57. The molecule has 2 aromatic heterocycles. The van der Waals surface area contributed by atoms with E-state index < -0.39 is 6.10 Å². The molecule has 5 nitrogen and oxygen atoms in total. The third-order valence-electron chi connectivity index (χ3n) is 3.00. The fourth-order valence-corrected chi connectivity index (χ4v) is 2.53. The number of aryl methyl sites for hydroxylation is 2. The smallest absolute Gasteiger partial charge is 0.267 e. The highest BCUT2D eigenvalue weighted by atomic mass is 32.1. The van der Waals surface area contributed by atoms with Crippen molar-refractivity contribution in [3.8, 4) is 11.3 Å². The van der Waals surface area contributed by atoms with Crippen LogP contribution in [0.25, 0.3) is 11.3 Å². The SMILES string of the molecule is Cc1nc(-c2cc(C(=O)NCCC(C)O)n(C)c2)cs1. The molecule has 2 N–H and O–H groups in total. The average molecular weight is 293 g/mol. The molecule has 2 aromatic rings. The van der Waals surface area contributed by atoms with Gasteiger partial charge in [-0.2, -0.15) is 0 Å². The average Bonchev–Trinajstić information content (AvgIpc) is 2.95. The van der Waals surface area contributed by atoms with Gasteiger partial charge >= 0.3 is 0 Å². The summed E-state index contributed by atoms with van der Waals surface area (Å²) in [5.74, 6) is -0.133. The highest BCUT2D eigenvalue weighted by molar-refractivity contribution is 7.09. The number of nitrogens with zero attached hydrogens (tertiary/aromatic N) is 2. The molecule has 0 aliphatic heterocycles. The number of carbonyl (C=O) groups is 1. The van der Waals surface area contributed by atoms with Crippen LogP contribution in [-0.4, -0.2) is 33.2 Å². The van der Waals surface area contributed by atoms with Gasteiger partial charge in [0.1, 0.15) is 5.69 Å². The van der Waals surface area contributed by atoms with Crippen molar-refractivity contribution in [3.63, 3.8) is 0 Å². The Morgan fingerprint density at radius 2 is 2.35 bits per heavy atom. The van der Waals surface area contributed by atoms with Crippen molar-refractivity contribution in [2.45, 2.75) is 26.4 Å². The lowest BCUT2D eigenvalue weighted by atomic mass is 10.2. The summed E-state index contributed by atoms with van der Waals surface area (Å²) in [5, 5.41) is 15.0. The first-order valence-electron chi connectivity index (χ1n) is 6.52. The second-order valence-corrected chi connectivity index (χ2v) is 5.93. The molecule has 1 amide bonds. The number of hydrogen-bond acceptors (Lipinski definition) is 4. The van der Waals surface area contributed by atoms with E-state index in [-0.39, 0.29) is 5.91 Å². The quantitative estimate of drug-likeness (QED) is 0.885. The molecule has 0 aliphatic carbocycles. The second kappa shape index (κ2) is 6.19. The van der Waals surface area contributed by atoms with Crippen LogP contribution in [0.2, 0.25) is 0 Å². The fraction of sp³-hybridized carbons (Fsp3) is 0.429. The molecule has 0 aromatic carbocycles. The molecule has 20 heavy (non-hydrogen) atoms. The van der Waals surface area contributed by atoms with E-state index in [1.807, 2.05) is 31.6 Å². The van der Waals surface area contributed by atoms with E-state index in [2.05, 4.69) is 10.3 Å². The van der Waals surface area contributed by atoms with E-state index in [4.69, 9.17) is 0 Å². The second-order valence-electron chi connectivity index (χ2n) is 4.87. The van der Waals surface area contributed by atoms with Gasteiger partial charge in [-0.15, -0.1) is 11.3 Å². The maximum atomic E-state index is 12.1. The number of aromatic nitrogens is 2. The van der Waals surface area contributed by atoms with Crippen LogP contribution in [0.1, 0.15) is 28.8 Å². The third-order valence-corrected chi connectivity index (χ3v) is 3.77. The van der Waals surface area contributed by atoms with Crippen molar-refractivity contribution in [1.29, 1.82) is 0 Å². The van der Waals surface area contributed by atoms with Gasteiger partial charge in [0.15, 0.2) is 0 Å². The summed E-state index contributed by atoms with van der Waals surface area (Å²) < 4.78 is 1.79. The van der Waals surface area contributed by atoms with Crippen LogP contribution >= 0.6 is 11.3 Å². The fourth-order valence-electron chi connectivity index (χ4n) is 1.91. The number of aliphatic hydroxyl groups is 1. The first-order valence-corrected chi connectivity index (χ1v) is 7.40. The van der Waals surface area contributed by atoms with Crippen molar-refractivity contribution in [1.82, 2.24) is 14.9 Å². The molecule has 0 bridgehead atoms. The van der Waals surface area contributed by atoms with Crippen LogP contribution < -0.4 is 5.32 Å². The molecule has 108 valence electrons. The molecule has 6 heteroatoms. The van der Waals surface area contributed by atoms with Crippen LogP contribution in [-0.2, 0) is 7.05 Å². The summed E-state index contributed by atoms with van der Waals surface area (Å²) >= 11 is 1.59. The lowest BCUT2D eigenvalue weighted by Crippen LogP contribution is -2.27. The zero-order valence-corrected chi connectivity index (χ0v) is 12.7. The number of amides is 1. The Labute approximate surface area is 122 Å². The third kappa shape index (κ3) is 3.46. The largest absolute Gasteiger partial charge is 0.393 e. The summed E-state index contributed by atoms with van der Waals surface area (Å²) in [6, 6.07) is 1.84. The molecule has 0 fully saturated rings. The highest BCUT2D eigenvalue weighted by Crippen LogP contribution is 2.23. The van der Waals surface area contributed by atoms with E-state index in [1.165, 1.54) is 0 Å². The Morgan fingerprint density at radius 1 is 1.60 bits per heavy atom. The minimum Gasteiger partial charge on any atom is -0.393 e. The van der Waals surface area contributed by atoms with Crippen LogP contribution in [0, 0.1) is 6.92 Å². The number of aliphatic hydroxyl groups excluding tert-OH is 1. The molecule has 0 aliphatic rings. The van der Waals surface area contributed by atoms with Crippen LogP contribution in [0.5, 0.6) is 0 Å². The van der Waals surface area contributed by atoms with Gasteiger partial charge in [-0.25, -0.2) is 4.98 Å². The lowest BCUT2D eigenvalue weighted by Gasteiger charge is -2.07. The number of rotatable bonds is 5. The lowest BCUT2D eigenvalue weighted by molar-refractivity contribution is 0.0937. The number of carbonyl (C=O) groups excluding carboxylic acids is 1. The van der Waals surface area contributed by atoms with E-state index >= 15 is 0 Å². The van der Waals surface area contributed by atoms with E-state index in [9.17, 15) is 9.90 Å². The summed E-state index contributed by atoms with van der Waals surface area (Å²) in [6.07, 6.45) is 2.05.